The third-order valence-corrected chi connectivity index (χ3v) is 8.27. The molecule has 0 aliphatic carbocycles. The average molecular weight is 554 g/mol. The van der Waals surface area contributed by atoms with Gasteiger partial charge in [0, 0.05) is 19.5 Å². The molecule has 1 atom stereocenters. The SMILES string of the molecule is CCCCCCCCCCCCCCCCN(CC(O)CO)C(=O)CCCCCCCCCCCCCCC. The predicted octanol–water partition coefficient (Wildman–Crippen LogP) is 10.1. The first-order valence-corrected chi connectivity index (χ1v) is 17.7. The second-order valence-electron chi connectivity index (χ2n) is 12.3. The van der Waals surface area contributed by atoms with Gasteiger partial charge < -0.3 is 15.1 Å². The van der Waals surface area contributed by atoms with Crippen LogP contribution in [0.2, 0.25) is 0 Å². The van der Waals surface area contributed by atoms with E-state index in [0.29, 0.717) is 13.0 Å². The van der Waals surface area contributed by atoms with E-state index >= 15 is 0 Å². The Morgan fingerprint density at radius 1 is 0.513 bits per heavy atom. The van der Waals surface area contributed by atoms with Crippen LogP contribution in [0.3, 0.4) is 0 Å². The van der Waals surface area contributed by atoms with E-state index in [0.717, 1.165) is 25.7 Å². The fourth-order valence-corrected chi connectivity index (χ4v) is 5.58. The first-order valence-electron chi connectivity index (χ1n) is 17.7. The number of amides is 1. The van der Waals surface area contributed by atoms with Crippen molar-refractivity contribution in [3.05, 3.63) is 0 Å². The summed E-state index contributed by atoms with van der Waals surface area (Å²) in [6.07, 6.45) is 35.3. The van der Waals surface area contributed by atoms with Crippen molar-refractivity contribution in [2.45, 2.75) is 200 Å². The summed E-state index contributed by atoms with van der Waals surface area (Å²) in [5, 5.41) is 19.2. The fraction of sp³-hybridized carbons (Fsp3) is 0.971. The van der Waals surface area contributed by atoms with Gasteiger partial charge in [-0.15, -0.1) is 0 Å². The van der Waals surface area contributed by atoms with Gasteiger partial charge in [0.2, 0.25) is 5.91 Å². The number of nitrogens with zero attached hydrogens (tertiary/aromatic N) is 1. The van der Waals surface area contributed by atoms with E-state index in [2.05, 4.69) is 13.8 Å². The fourth-order valence-electron chi connectivity index (χ4n) is 5.58. The Bertz CT molecular complexity index is 485. The number of unbranched alkanes of at least 4 members (excludes halogenated alkanes) is 25. The molecule has 4 heteroatoms. The third-order valence-electron chi connectivity index (χ3n) is 8.27. The molecule has 0 spiro atoms. The molecule has 39 heavy (non-hydrogen) atoms. The predicted molar refractivity (Wildman–Crippen MR) is 170 cm³/mol. The van der Waals surface area contributed by atoms with Crippen molar-refractivity contribution >= 4 is 5.91 Å². The van der Waals surface area contributed by atoms with E-state index in [4.69, 9.17) is 0 Å². The van der Waals surface area contributed by atoms with Crippen LogP contribution in [-0.4, -0.2) is 46.8 Å². The molecule has 234 valence electrons. The van der Waals surface area contributed by atoms with Crippen LogP contribution >= 0.6 is 0 Å². The van der Waals surface area contributed by atoms with E-state index in [-0.39, 0.29) is 19.1 Å². The number of aliphatic hydroxyl groups is 2. The molecule has 0 aliphatic heterocycles. The molecular weight excluding hydrogens is 482 g/mol. The lowest BCUT2D eigenvalue weighted by atomic mass is 10.0. The van der Waals surface area contributed by atoms with Crippen LogP contribution in [-0.2, 0) is 4.79 Å². The normalized spacial score (nSPS) is 12.2. The summed E-state index contributed by atoms with van der Waals surface area (Å²) in [6.45, 7) is 5.26. The maximum absolute atomic E-state index is 12.8. The summed E-state index contributed by atoms with van der Waals surface area (Å²) in [6, 6.07) is 0. The molecule has 0 heterocycles. The zero-order valence-electron chi connectivity index (χ0n) is 26.7. The van der Waals surface area contributed by atoms with Gasteiger partial charge in [0.15, 0.2) is 0 Å². The molecule has 0 aromatic heterocycles. The number of rotatable bonds is 32. The average Bonchev–Trinajstić information content (AvgIpc) is 2.94. The lowest BCUT2D eigenvalue weighted by Crippen LogP contribution is -2.39. The van der Waals surface area contributed by atoms with E-state index < -0.39 is 6.10 Å². The van der Waals surface area contributed by atoms with Crippen molar-refractivity contribution in [2.75, 3.05) is 19.7 Å². The monoisotopic (exact) mass is 554 g/mol. The Morgan fingerprint density at radius 2 is 0.821 bits per heavy atom. The van der Waals surface area contributed by atoms with Crippen LogP contribution in [0, 0.1) is 0 Å². The highest BCUT2D eigenvalue weighted by atomic mass is 16.3. The van der Waals surface area contributed by atoms with Crippen molar-refractivity contribution in [1.29, 1.82) is 0 Å². The first kappa shape index (κ1) is 38.4. The maximum atomic E-state index is 12.8. The van der Waals surface area contributed by atoms with Crippen LogP contribution < -0.4 is 0 Å². The van der Waals surface area contributed by atoms with E-state index in [9.17, 15) is 15.0 Å². The van der Waals surface area contributed by atoms with Crippen LogP contribution in [0.1, 0.15) is 194 Å². The molecule has 4 nitrogen and oxygen atoms in total. The number of hydrogen-bond donors (Lipinski definition) is 2. The molecule has 0 bridgehead atoms. The van der Waals surface area contributed by atoms with Crippen molar-refractivity contribution in [2.24, 2.45) is 0 Å². The summed E-state index contributed by atoms with van der Waals surface area (Å²) in [5.74, 6) is 0.153. The lowest BCUT2D eigenvalue weighted by molar-refractivity contribution is -0.133. The zero-order valence-corrected chi connectivity index (χ0v) is 26.7. The lowest BCUT2D eigenvalue weighted by Gasteiger charge is -2.25. The third kappa shape index (κ3) is 28.7. The van der Waals surface area contributed by atoms with Gasteiger partial charge in [0.05, 0.1) is 12.7 Å². The Morgan fingerprint density at radius 3 is 1.15 bits per heavy atom. The zero-order chi connectivity index (χ0) is 28.7. The molecule has 0 radical (unpaired) electrons. The molecule has 0 aromatic rings. The largest absolute Gasteiger partial charge is 0.394 e. The van der Waals surface area contributed by atoms with Crippen LogP contribution in [0.5, 0.6) is 0 Å². The van der Waals surface area contributed by atoms with E-state index in [1.54, 1.807) is 0 Å². The van der Waals surface area contributed by atoms with Gasteiger partial charge >= 0.3 is 0 Å². The second kappa shape index (κ2) is 31.9. The van der Waals surface area contributed by atoms with Crippen LogP contribution in [0.4, 0.5) is 0 Å². The minimum absolute atomic E-state index is 0.153. The van der Waals surface area contributed by atoms with Gasteiger partial charge in [-0.25, -0.2) is 0 Å². The number of carbonyl (C=O) groups excluding carboxylic acids is 1. The van der Waals surface area contributed by atoms with Crippen LogP contribution in [0.25, 0.3) is 0 Å². The van der Waals surface area contributed by atoms with Crippen LogP contribution in [0.15, 0.2) is 0 Å². The number of aliphatic hydroxyl groups excluding tert-OH is 2. The summed E-state index contributed by atoms with van der Waals surface area (Å²) < 4.78 is 0. The van der Waals surface area contributed by atoms with Gasteiger partial charge in [0.1, 0.15) is 0 Å². The van der Waals surface area contributed by atoms with Gasteiger partial charge in [-0.2, -0.15) is 0 Å². The molecule has 0 aliphatic rings. The minimum atomic E-state index is -0.827. The summed E-state index contributed by atoms with van der Waals surface area (Å²) in [7, 11) is 0. The Labute approximate surface area is 245 Å². The molecule has 0 rings (SSSR count). The summed E-state index contributed by atoms with van der Waals surface area (Å²) in [5.41, 5.74) is 0. The van der Waals surface area contributed by atoms with E-state index in [1.165, 1.54) is 148 Å². The highest BCUT2D eigenvalue weighted by Gasteiger charge is 2.16. The minimum Gasteiger partial charge on any atom is -0.394 e. The Hall–Kier alpha value is -0.610. The van der Waals surface area contributed by atoms with Gasteiger partial charge in [-0.1, -0.05) is 174 Å². The summed E-state index contributed by atoms with van der Waals surface area (Å²) >= 11 is 0. The maximum Gasteiger partial charge on any atom is 0.222 e. The van der Waals surface area contributed by atoms with Gasteiger partial charge in [0.25, 0.3) is 0 Å². The molecule has 0 saturated heterocycles. The van der Waals surface area contributed by atoms with E-state index in [1.807, 2.05) is 4.90 Å². The smallest absolute Gasteiger partial charge is 0.222 e. The van der Waals surface area contributed by atoms with Crippen molar-refractivity contribution in [1.82, 2.24) is 4.90 Å². The molecule has 1 amide bonds. The van der Waals surface area contributed by atoms with Gasteiger partial charge in [-0.05, 0) is 12.8 Å². The molecule has 0 aromatic carbocycles. The molecule has 0 saturated carbocycles. The molecule has 0 fully saturated rings. The molecule has 1 unspecified atom stereocenters. The first-order chi connectivity index (χ1) is 19.2. The Kier molecular flexibility index (Phi) is 31.4. The highest BCUT2D eigenvalue weighted by Crippen LogP contribution is 2.15. The highest BCUT2D eigenvalue weighted by molar-refractivity contribution is 5.76. The Balaban J connectivity index is 3.75. The van der Waals surface area contributed by atoms with Gasteiger partial charge in [-0.3, -0.25) is 4.79 Å². The molecule has 2 N–H and O–H groups in total. The quantitative estimate of drug-likeness (QED) is 0.0815. The van der Waals surface area contributed by atoms with Crippen molar-refractivity contribution < 1.29 is 15.0 Å². The topological polar surface area (TPSA) is 60.8 Å². The molecular formula is C35H71NO3. The second-order valence-corrected chi connectivity index (χ2v) is 12.3. The summed E-state index contributed by atoms with van der Waals surface area (Å²) in [4.78, 5) is 14.6. The van der Waals surface area contributed by atoms with Crippen molar-refractivity contribution in [3.8, 4) is 0 Å². The standard InChI is InChI=1S/C35H71NO3/c1-3-5-7-9-11-13-15-17-19-21-23-25-27-29-31-36(32-34(38)33-37)35(39)30-28-26-24-22-20-18-16-14-12-10-8-6-4-2/h34,37-38H,3-33H2,1-2H3. The van der Waals surface area contributed by atoms with Crippen molar-refractivity contribution in [3.63, 3.8) is 0 Å². The number of hydrogen-bond acceptors (Lipinski definition) is 3. The number of carbonyl (C=O) groups is 1.